The molecule has 0 fully saturated rings. The van der Waals surface area contributed by atoms with E-state index < -0.39 is 5.91 Å². The molecule has 5 N–H and O–H groups in total. The minimum atomic E-state index is -0.435. The molecule has 0 heterocycles. The smallest absolute Gasteiger partial charge is 0.254 e. The third-order valence-electron chi connectivity index (χ3n) is 2.30. The van der Waals surface area contributed by atoms with Crippen molar-refractivity contribution in [2.24, 2.45) is 10.9 Å². The number of rotatable bonds is 4. The molecule has 0 aliphatic carbocycles. The number of nitrogens with zero attached hydrogens (tertiary/aromatic N) is 2. The van der Waals surface area contributed by atoms with Gasteiger partial charge in [0.1, 0.15) is 11.5 Å². The van der Waals surface area contributed by atoms with Crippen LogP contribution in [0.1, 0.15) is 17.3 Å². The van der Waals surface area contributed by atoms with E-state index in [-0.39, 0.29) is 29.4 Å². The molecular formula is C11H15N3O4. The fraction of sp³-hybridized carbons (Fsp3) is 0.273. The number of aromatic hydroxyl groups is 2. The van der Waals surface area contributed by atoms with Crippen LogP contribution in [-0.4, -0.2) is 45.2 Å². The average Bonchev–Trinajstić information content (AvgIpc) is 2.33. The van der Waals surface area contributed by atoms with Crippen molar-refractivity contribution in [2.45, 2.75) is 6.92 Å². The Kier molecular flexibility index (Phi) is 4.36. The number of amides is 1. The van der Waals surface area contributed by atoms with Crippen molar-refractivity contribution in [2.75, 3.05) is 13.1 Å². The Morgan fingerprint density at radius 1 is 1.33 bits per heavy atom. The molecule has 0 aromatic heterocycles. The highest BCUT2D eigenvalue weighted by molar-refractivity contribution is 5.97. The summed E-state index contributed by atoms with van der Waals surface area (Å²) in [5.74, 6) is -0.957. The highest BCUT2D eigenvalue weighted by Crippen LogP contribution is 2.21. The zero-order valence-corrected chi connectivity index (χ0v) is 9.87. The molecule has 7 nitrogen and oxygen atoms in total. The monoisotopic (exact) mass is 253 g/mol. The van der Waals surface area contributed by atoms with Crippen molar-refractivity contribution in [1.82, 2.24) is 4.90 Å². The topological polar surface area (TPSA) is 119 Å². The average molecular weight is 253 g/mol. The minimum absolute atomic E-state index is 0.0394. The summed E-state index contributed by atoms with van der Waals surface area (Å²) in [5, 5.41) is 29.9. The molecule has 1 aromatic carbocycles. The van der Waals surface area contributed by atoms with E-state index in [4.69, 9.17) is 10.9 Å². The second kappa shape index (κ2) is 5.76. The highest BCUT2D eigenvalue weighted by Gasteiger charge is 2.16. The highest BCUT2D eigenvalue weighted by atomic mass is 16.4. The number of oxime groups is 1. The Hall–Kier alpha value is -2.44. The van der Waals surface area contributed by atoms with Crippen LogP contribution in [0.2, 0.25) is 0 Å². The number of nitrogens with two attached hydrogens (primary N) is 1. The number of carbonyl (C=O) groups excluding carboxylic acids is 1. The Morgan fingerprint density at radius 2 is 1.89 bits per heavy atom. The maximum atomic E-state index is 12.0. The first kappa shape index (κ1) is 13.6. The first-order valence-electron chi connectivity index (χ1n) is 5.26. The number of benzene rings is 1. The lowest BCUT2D eigenvalue weighted by molar-refractivity contribution is 0.0785. The van der Waals surface area contributed by atoms with Crippen LogP contribution in [0.5, 0.6) is 11.5 Å². The molecule has 0 aliphatic heterocycles. The van der Waals surface area contributed by atoms with Gasteiger partial charge in [0, 0.05) is 18.2 Å². The molecule has 7 heteroatoms. The summed E-state index contributed by atoms with van der Waals surface area (Å²) >= 11 is 0. The third kappa shape index (κ3) is 3.27. The molecule has 0 aliphatic rings. The first-order chi connectivity index (χ1) is 8.47. The van der Waals surface area contributed by atoms with Gasteiger partial charge >= 0.3 is 0 Å². The van der Waals surface area contributed by atoms with Gasteiger partial charge in [-0.2, -0.15) is 0 Å². The van der Waals surface area contributed by atoms with Gasteiger partial charge in [-0.25, -0.2) is 0 Å². The Labute approximate surface area is 104 Å². The van der Waals surface area contributed by atoms with E-state index in [2.05, 4.69) is 5.16 Å². The summed E-state index contributed by atoms with van der Waals surface area (Å²) in [7, 11) is 0. The lowest BCUT2D eigenvalue weighted by atomic mass is 10.1. The lowest BCUT2D eigenvalue weighted by Crippen LogP contribution is -2.38. The minimum Gasteiger partial charge on any atom is -0.508 e. The quantitative estimate of drug-likeness (QED) is 0.266. The molecule has 1 aromatic rings. The van der Waals surface area contributed by atoms with Crippen LogP contribution >= 0.6 is 0 Å². The standard InChI is InChI=1S/C11H15N3O4/c1-2-14(6-10(12)13-18)11(17)7-3-8(15)5-9(16)4-7/h3-5,15-16,18H,2,6H2,1H3,(H2,12,13). The SMILES string of the molecule is CCN(C/C(N)=N/O)C(=O)c1cc(O)cc(O)c1. The van der Waals surface area contributed by atoms with Gasteiger partial charge in [0.05, 0.1) is 6.54 Å². The van der Waals surface area contributed by atoms with Crippen LogP contribution in [0.15, 0.2) is 23.4 Å². The summed E-state index contributed by atoms with van der Waals surface area (Å²) in [6, 6.07) is 3.59. The van der Waals surface area contributed by atoms with Crippen molar-refractivity contribution in [3.63, 3.8) is 0 Å². The van der Waals surface area contributed by atoms with Crippen molar-refractivity contribution >= 4 is 11.7 Å². The van der Waals surface area contributed by atoms with Gasteiger partial charge in [0.25, 0.3) is 5.91 Å². The largest absolute Gasteiger partial charge is 0.508 e. The van der Waals surface area contributed by atoms with Gasteiger partial charge in [-0.3, -0.25) is 4.79 Å². The third-order valence-corrected chi connectivity index (χ3v) is 2.30. The fourth-order valence-electron chi connectivity index (χ4n) is 1.46. The van der Waals surface area contributed by atoms with E-state index in [1.54, 1.807) is 6.92 Å². The second-order valence-corrected chi connectivity index (χ2v) is 3.65. The van der Waals surface area contributed by atoms with Gasteiger partial charge in [0.2, 0.25) is 0 Å². The van der Waals surface area contributed by atoms with Crippen LogP contribution in [0.4, 0.5) is 0 Å². The molecule has 18 heavy (non-hydrogen) atoms. The van der Waals surface area contributed by atoms with E-state index in [0.717, 1.165) is 6.07 Å². The maximum absolute atomic E-state index is 12.0. The van der Waals surface area contributed by atoms with Gasteiger partial charge in [0.15, 0.2) is 5.84 Å². The summed E-state index contributed by atoms with van der Waals surface area (Å²) in [5.41, 5.74) is 5.46. The summed E-state index contributed by atoms with van der Waals surface area (Å²) < 4.78 is 0. The maximum Gasteiger partial charge on any atom is 0.254 e. The van der Waals surface area contributed by atoms with Gasteiger partial charge in [-0.15, -0.1) is 0 Å². The van der Waals surface area contributed by atoms with E-state index in [0.29, 0.717) is 6.54 Å². The number of carbonyl (C=O) groups is 1. The lowest BCUT2D eigenvalue weighted by Gasteiger charge is -2.20. The molecule has 0 radical (unpaired) electrons. The molecule has 0 saturated carbocycles. The van der Waals surface area contributed by atoms with E-state index in [9.17, 15) is 15.0 Å². The summed E-state index contributed by atoms with van der Waals surface area (Å²) in [6.45, 7) is 2.03. The van der Waals surface area contributed by atoms with Gasteiger partial charge in [-0.05, 0) is 19.1 Å². The van der Waals surface area contributed by atoms with Gasteiger partial charge in [-0.1, -0.05) is 5.16 Å². The summed E-state index contributed by atoms with van der Waals surface area (Å²) in [4.78, 5) is 13.4. The number of phenols is 2. The Morgan fingerprint density at radius 3 is 2.33 bits per heavy atom. The number of hydrogen-bond donors (Lipinski definition) is 4. The van der Waals surface area contributed by atoms with Crippen LogP contribution < -0.4 is 5.73 Å². The van der Waals surface area contributed by atoms with Gasteiger partial charge < -0.3 is 26.1 Å². The molecule has 0 unspecified atom stereocenters. The number of likely N-dealkylation sites (N-methyl/N-ethyl adjacent to an activating group) is 1. The normalized spacial score (nSPS) is 11.3. The number of amidine groups is 1. The Bertz CT molecular complexity index is 453. The van der Waals surface area contributed by atoms with Crippen LogP contribution in [0.25, 0.3) is 0 Å². The molecule has 0 saturated heterocycles. The van der Waals surface area contributed by atoms with E-state index >= 15 is 0 Å². The van der Waals surface area contributed by atoms with Crippen molar-refractivity contribution in [3.05, 3.63) is 23.8 Å². The van der Waals surface area contributed by atoms with Crippen LogP contribution in [-0.2, 0) is 0 Å². The number of phenolic OH excluding ortho intramolecular Hbond substituents is 2. The fourth-order valence-corrected chi connectivity index (χ4v) is 1.46. The second-order valence-electron chi connectivity index (χ2n) is 3.65. The molecular weight excluding hydrogens is 238 g/mol. The molecule has 1 rings (SSSR count). The van der Waals surface area contributed by atoms with E-state index in [1.807, 2.05) is 0 Å². The number of hydrogen-bond acceptors (Lipinski definition) is 5. The van der Waals surface area contributed by atoms with Crippen LogP contribution in [0, 0.1) is 0 Å². The molecule has 0 atom stereocenters. The van der Waals surface area contributed by atoms with Crippen molar-refractivity contribution in [3.8, 4) is 11.5 Å². The Balaban J connectivity index is 2.96. The molecule has 0 spiro atoms. The van der Waals surface area contributed by atoms with E-state index in [1.165, 1.54) is 17.0 Å². The molecule has 1 amide bonds. The van der Waals surface area contributed by atoms with Crippen LogP contribution in [0.3, 0.4) is 0 Å². The molecule has 0 bridgehead atoms. The predicted molar refractivity (Wildman–Crippen MR) is 64.8 cm³/mol. The first-order valence-corrected chi connectivity index (χ1v) is 5.26. The summed E-state index contributed by atoms with van der Waals surface area (Å²) in [6.07, 6.45) is 0. The van der Waals surface area contributed by atoms with Crippen molar-refractivity contribution < 1.29 is 20.2 Å². The predicted octanol–water partition coefficient (Wildman–Crippen LogP) is 0.306. The molecule has 98 valence electrons. The zero-order chi connectivity index (χ0) is 13.7. The van der Waals surface area contributed by atoms with Crippen molar-refractivity contribution in [1.29, 1.82) is 0 Å². The zero-order valence-electron chi connectivity index (χ0n) is 9.87.